The molecule has 0 saturated carbocycles. The van der Waals surface area contributed by atoms with Gasteiger partial charge < -0.3 is 20.3 Å². The first-order valence-corrected chi connectivity index (χ1v) is 7.81. The van der Waals surface area contributed by atoms with Gasteiger partial charge in [0.25, 0.3) is 0 Å². The number of nitrogens with zero attached hydrogens (tertiary/aromatic N) is 1. The van der Waals surface area contributed by atoms with Crippen molar-refractivity contribution in [1.82, 2.24) is 4.90 Å². The van der Waals surface area contributed by atoms with Gasteiger partial charge in [0.1, 0.15) is 13.2 Å². The maximum atomic E-state index is 9.23. The van der Waals surface area contributed by atoms with Crippen molar-refractivity contribution in [2.24, 2.45) is 0 Å². The zero-order chi connectivity index (χ0) is 14.7. The highest BCUT2D eigenvalue weighted by molar-refractivity contribution is 5.58. The van der Waals surface area contributed by atoms with Crippen molar-refractivity contribution in [1.29, 1.82) is 0 Å². The average Bonchev–Trinajstić information content (AvgIpc) is 2.50. The maximum Gasteiger partial charge on any atom is 0.163 e. The summed E-state index contributed by atoms with van der Waals surface area (Å²) in [6, 6.07) is 4.33. The smallest absolute Gasteiger partial charge is 0.163 e. The van der Waals surface area contributed by atoms with E-state index < -0.39 is 0 Å². The summed E-state index contributed by atoms with van der Waals surface area (Å²) in [7, 11) is 0. The zero-order valence-electron chi connectivity index (χ0n) is 12.4. The Balaban J connectivity index is 1.76. The van der Waals surface area contributed by atoms with E-state index in [1.54, 1.807) is 0 Å². The number of piperidine rings is 1. The highest BCUT2D eigenvalue weighted by atomic mass is 16.6. The van der Waals surface area contributed by atoms with E-state index >= 15 is 0 Å². The molecule has 0 spiro atoms. The van der Waals surface area contributed by atoms with E-state index in [0.717, 1.165) is 48.7 Å². The number of nitrogen functional groups attached to an aromatic ring is 1. The van der Waals surface area contributed by atoms with Gasteiger partial charge in [0.15, 0.2) is 11.5 Å². The fourth-order valence-electron chi connectivity index (χ4n) is 3.25. The van der Waals surface area contributed by atoms with Crippen molar-refractivity contribution in [2.75, 3.05) is 32.1 Å². The lowest BCUT2D eigenvalue weighted by atomic mass is 9.98. The molecule has 3 rings (SSSR count). The van der Waals surface area contributed by atoms with Crippen molar-refractivity contribution >= 4 is 5.69 Å². The molecule has 0 amide bonds. The van der Waals surface area contributed by atoms with Gasteiger partial charge in [0.05, 0.1) is 0 Å². The van der Waals surface area contributed by atoms with E-state index in [1.807, 2.05) is 12.1 Å². The second-order valence-electron chi connectivity index (χ2n) is 5.83. The topological polar surface area (TPSA) is 68.0 Å². The van der Waals surface area contributed by atoms with Crippen LogP contribution in [0.15, 0.2) is 12.1 Å². The van der Waals surface area contributed by atoms with E-state index in [-0.39, 0.29) is 6.61 Å². The molecule has 2 aliphatic rings. The minimum atomic E-state index is 0.248. The maximum absolute atomic E-state index is 9.23. The fraction of sp³-hybridized carbons (Fsp3) is 0.625. The predicted octanol–water partition coefficient (Wildman–Crippen LogP) is 1.78. The molecule has 1 unspecified atom stereocenters. The fourth-order valence-corrected chi connectivity index (χ4v) is 3.25. The molecule has 2 heterocycles. The summed E-state index contributed by atoms with van der Waals surface area (Å²) in [5, 5.41) is 9.23. The van der Waals surface area contributed by atoms with E-state index in [1.165, 1.54) is 12.8 Å². The van der Waals surface area contributed by atoms with Crippen molar-refractivity contribution < 1.29 is 14.6 Å². The zero-order valence-corrected chi connectivity index (χ0v) is 12.4. The van der Waals surface area contributed by atoms with E-state index in [2.05, 4.69) is 4.90 Å². The molecule has 5 nitrogen and oxygen atoms in total. The van der Waals surface area contributed by atoms with Gasteiger partial charge in [-0.25, -0.2) is 0 Å². The third-order valence-electron chi connectivity index (χ3n) is 4.39. The van der Waals surface area contributed by atoms with Crippen LogP contribution in [0.3, 0.4) is 0 Å². The van der Waals surface area contributed by atoms with Gasteiger partial charge in [-0.3, -0.25) is 4.90 Å². The van der Waals surface area contributed by atoms with Crippen LogP contribution in [-0.4, -0.2) is 42.4 Å². The monoisotopic (exact) mass is 292 g/mol. The highest BCUT2D eigenvalue weighted by Crippen LogP contribution is 2.35. The van der Waals surface area contributed by atoms with Crippen molar-refractivity contribution in [3.8, 4) is 11.5 Å². The number of likely N-dealkylation sites (tertiary alicyclic amines) is 1. The summed E-state index contributed by atoms with van der Waals surface area (Å²) in [6.45, 7) is 3.30. The lowest BCUT2D eigenvalue weighted by molar-refractivity contribution is 0.112. The number of aliphatic hydroxyl groups excluding tert-OH is 1. The normalized spacial score (nSPS) is 22.2. The molecule has 5 heteroatoms. The number of hydrogen-bond donors (Lipinski definition) is 2. The van der Waals surface area contributed by atoms with Crippen LogP contribution in [0.2, 0.25) is 0 Å². The molecule has 0 aromatic heterocycles. The number of hydrogen-bond acceptors (Lipinski definition) is 5. The number of fused-ring (bicyclic) bond motifs is 1. The molecule has 1 atom stereocenters. The van der Waals surface area contributed by atoms with Crippen molar-refractivity contribution in [2.45, 2.75) is 38.3 Å². The first kappa shape index (κ1) is 14.5. The Morgan fingerprint density at radius 1 is 1.19 bits per heavy atom. The summed E-state index contributed by atoms with van der Waals surface area (Å²) in [5.74, 6) is 1.54. The molecule has 1 aromatic rings. The van der Waals surface area contributed by atoms with E-state index in [0.29, 0.717) is 19.3 Å². The summed E-state index contributed by atoms with van der Waals surface area (Å²) >= 11 is 0. The number of nitrogens with two attached hydrogens (primary N) is 1. The summed E-state index contributed by atoms with van der Waals surface area (Å²) in [6.07, 6.45) is 4.46. The molecule has 0 aliphatic carbocycles. The lowest BCUT2D eigenvalue weighted by Gasteiger charge is -2.36. The second kappa shape index (κ2) is 6.54. The van der Waals surface area contributed by atoms with Crippen molar-refractivity contribution in [3.05, 3.63) is 17.7 Å². The Bertz CT molecular complexity index is 491. The third kappa shape index (κ3) is 3.24. The van der Waals surface area contributed by atoms with Crippen LogP contribution in [0.5, 0.6) is 11.5 Å². The molecular formula is C16H24N2O3. The molecular weight excluding hydrogens is 268 g/mol. The quantitative estimate of drug-likeness (QED) is 0.828. The molecule has 2 aliphatic heterocycles. The van der Waals surface area contributed by atoms with Gasteiger partial charge >= 0.3 is 0 Å². The van der Waals surface area contributed by atoms with Crippen LogP contribution < -0.4 is 15.2 Å². The molecule has 3 N–H and O–H groups in total. The van der Waals surface area contributed by atoms with Crippen molar-refractivity contribution in [3.63, 3.8) is 0 Å². The van der Waals surface area contributed by atoms with Gasteiger partial charge in [-0.2, -0.15) is 0 Å². The molecule has 1 saturated heterocycles. The molecule has 0 radical (unpaired) electrons. The highest BCUT2D eigenvalue weighted by Gasteiger charge is 2.23. The Labute approximate surface area is 125 Å². The minimum absolute atomic E-state index is 0.248. The Kier molecular flexibility index (Phi) is 4.51. The Morgan fingerprint density at radius 2 is 1.95 bits per heavy atom. The molecule has 0 bridgehead atoms. The largest absolute Gasteiger partial charge is 0.486 e. The summed E-state index contributed by atoms with van der Waals surface area (Å²) in [5.41, 5.74) is 8.01. The van der Waals surface area contributed by atoms with Crippen LogP contribution in [-0.2, 0) is 6.54 Å². The number of benzene rings is 1. The third-order valence-corrected chi connectivity index (χ3v) is 4.39. The van der Waals surface area contributed by atoms with Crippen LogP contribution in [0.25, 0.3) is 0 Å². The number of aliphatic hydroxyl groups is 1. The van der Waals surface area contributed by atoms with Crippen LogP contribution in [0.4, 0.5) is 5.69 Å². The lowest BCUT2D eigenvalue weighted by Crippen LogP contribution is -2.39. The number of rotatable bonds is 4. The molecule has 1 fully saturated rings. The second-order valence-corrected chi connectivity index (χ2v) is 5.83. The van der Waals surface area contributed by atoms with Gasteiger partial charge in [-0.1, -0.05) is 6.42 Å². The van der Waals surface area contributed by atoms with Gasteiger partial charge in [-0.15, -0.1) is 0 Å². The standard InChI is InChI=1S/C16H24N2O3/c17-14-10-16-15(20-7-8-21-16)9-12(14)11-18-5-2-1-3-13(18)4-6-19/h9-10,13,19H,1-8,11,17H2. The van der Waals surface area contributed by atoms with Crippen LogP contribution >= 0.6 is 0 Å². The van der Waals surface area contributed by atoms with Gasteiger partial charge in [0.2, 0.25) is 0 Å². The predicted molar refractivity (Wildman–Crippen MR) is 81.6 cm³/mol. The Hall–Kier alpha value is -1.46. The molecule has 21 heavy (non-hydrogen) atoms. The average molecular weight is 292 g/mol. The SMILES string of the molecule is Nc1cc2c(cc1CN1CCCCC1CCO)OCCO2. The first-order valence-electron chi connectivity index (χ1n) is 7.81. The van der Waals surface area contributed by atoms with E-state index in [4.69, 9.17) is 15.2 Å². The molecule has 1 aromatic carbocycles. The summed E-state index contributed by atoms with van der Waals surface area (Å²) < 4.78 is 11.2. The van der Waals surface area contributed by atoms with Crippen LogP contribution in [0, 0.1) is 0 Å². The molecule has 116 valence electrons. The summed E-state index contributed by atoms with van der Waals surface area (Å²) in [4.78, 5) is 2.43. The van der Waals surface area contributed by atoms with Crippen LogP contribution in [0.1, 0.15) is 31.2 Å². The van der Waals surface area contributed by atoms with E-state index in [9.17, 15) is 5.11 Å². The Morgan fingerprint density at radius 3 is 2.71 bits per heavy atom. The number of anilines is 1. The van der Waals surface area contributed by atoms with Gasteiger partial charge in [0, 0.05) is 30.9 Å². The minimum Gasteiger partial charge on any atom is -0.486 e. The number of ether oxygens (including phenoxy) is 2. The first-order chi connectivity index (χ1) is 10.3. The van der Waals surface area contributed by atoms with Gasteiger partial charge in [-0.05, 0) is 37.4 Å².